The quantitative estimate of drug-likeness (QED) is 0.298. The van der Waals surface area contributed by atoms with Crippen LogP contribution in [0.25, 0.3) is 0 Å². The van der Waals surface area contributed by atoms with Crippen molar-refractivity contribution < 1.29 is 0 Å². The van der Waals surface area contributed by atoms with Crippen molar-refractivity contribution in [3.8, 4) is 0 Å². The smallest absolute Gasteiger partial charge is 0.147 e. The SMILES string of the molecule is CCCC[Si]1(CCCC)CC[Si](CCCC)(CCCC)N1c1ccccc1. The molecular weight excluding hydrogens is 358 g/mol. The number of para-hydroxylation sites is 1. The van der Waals surface area contributed by atoms with Crippen molar-refractivity contribution in [2.45, 2.75) is 115 Å². The summed E-state index contributed by atoms with van der Waals surface area (Å²) in [7, 11) is -2.77. The van der Waals surface area contributed by atoms with Crippen LogP contribution in [0.2, 0.25) is 36.3 Å². The van der Waals surface area contributed by atoms with E-state index >= 15 is 0 Å². The Morgan fingerprint density at radius 3 is 1.33 bits per heavy atom. The van der Waals surface area contributed by atoms with Gasteiger partial charge < -0.3 is 4.23 Å². The Kier molecular flexibility index (Phi) is 9.65. The number of unbranched alkanes of at least 4 members (excludes halogenated alkanes) is 4. The molecule has 1 fully saturated rings. The first-order valence-corrected chi connectivity index (χ1v) is 17.2. The van der Waals surface area contributed by atoms with E-state index in [-0.39, 0.29) is 0 Å². The highest BCUT2D eigenvalue weighted by molar-refractivity contribution is 7.06. The maximum Gasteiger partial charge on any atom is 0.147 e. The van der Waals surface area contributed by atoms with Gasteiger partial charge in [0.25, 0.3) is 0 Å². The van der Waals surface area contributed by atoms with Crippen LogP contribution in [0.5, 0.6) is 0 Å². The van der Waals surface area contributed by atoms with Gasteiger partial charge in [-0.3, -0.25) is 0 Å². The molecular formula is C24H45NSi2. The minimum Gasteiger partial charge on any atom is -0.423 e. The van der Waals surface area contributed by atoms with Crippen LogP contribution in [0.3, 0.4) is 0 Å². The summed E-state index contributed by atoms with van der Waals surface area (Å²) in [4.78, 5) is 0. The number of rotatable bonds is 13. The predicted molar refractivity (Wildman–Crippen MR) is 129 cm³/mol. The number of anilines is 1. The Balaban J connectivity index is 2.48. The van der Waals surface area contributed by atoms with Gasteiger partial charge in [0.1, 0.15) is 16.5 Å². The largest absolute Gasteiger partial charge is 0.423 e. The van der Waals surface area contributed by atoms with Crippen LogP contribution in [0.15, 0.2) is 30.3 Å². The average molecular weight is 404 g/mol. The summed E-state index contributed by atoms with van der Waals surface area (Å²) in [6.07, 6.45) is 11.3. The third kappa shape index (κ3) is 5.50. The minimum absolute atomic E-state index is 1.36. The van der Waals surface area contributed by atoms with Crippen LogP contribution in [0.1, 0.15) is 79.1 Å². The fourth-order valence-corrected chi connectivity index (χ4v) is 23.6. The molecule has 1 aliphatic heterocycles. The first-order valence-electron chi connectivity index (χ1n) is 12.0. The van der Waals surface area contributed by atoms with Gasteiger partial charge in [-0.05, 0) is 48.4 Å². The minimum atomic E-state index is -1.38. The van der Waals surface area contributed by atoms with Gasteiger partial charge in [-0.1, -0.05) is 97.3 Å². The van der Waals surface area contributed by atoms with Crippen LogP contribution in [0, 0.1) is 0 Å². The van der Waals surface area contributed by atoms with Gasteiger partial charge in [0.15, 0.2) is 0 Å². The van der Waals surface area contributed by atoms with Gasteiger partial charge in [0.2, 0.25) is 0 Å². The molecule has 0 aliphatic carbocycles. The molecule has 3 heteroatoms. The zero-order chi connectivity index (χ0) is 19.6. The summed E-state index contributed by atoms with van der Waals surface area (Å²) in [5.41, 5.74) is 1.62. The van der Waals surface area contributed by atoms with Crippen LogP contribution >= 0.6 is 0 Å². The zero-order valence-corrected chi connectivity index (χ0v) is 20.7. The Morgan fingerprint density at radius 1 is 0.630 bits per heavy atom. The van der Waals surface area contributed by atoms with Crippen molar-refractivity contribution in [3.63, 3.8) is 0 Å². The van der Waals surface area contributed by atoms with Gasteiger partial charge in [0, 0.05) is 5.69 Å². The highest BCUT2D eigenvalue weighted by Gasteiger charge is 2.55. The molecule has 0 atom stereocenters. The molecule has 1 saturated heterocycles. The highest BCUT2D eigenvalue weighted by atomic mass is 28.4. The summed E-state index contributed by atoms with van der Waals surface area (Å²) in [5.74, 6) is 0. The van der Waals surface area contributed by atoms with E-state index in [0.717, 1.165) is 0 Å². The van der Waals surface area contributed by atoms with Crippen molar-refractivity contribution in [1.29, 1.82) is 0 Å². The van der Waals surface area contributed by atoms with Crippen molar-refractivity contribution in [3.05, 3.63) is 30.3 Å². The normalized spacial score (nSPS) is 18.1. The second kappa shape index (κ2) is 11.5. The number of hydrogen-bond acceptors (Lipinski definition) is 1. The lowest BCUT2D eigenvalue weighted by Gasteiger charge is -2.49. The number of nitrogens with zero attached hydrogens (tertiary/aromatic N) is 1. The van der Waals surface area contributed by atoms with E-state index in [1.165, 1.54) is 51.4 Å². The summed E-state index contributed by atoms with van der Waals surface area (Å²) >= 11 is 0. The predicted octanol–water partition coefficient (Wildman–Crippen LogP) is 8.60. The first-order chi connectivity index (χ1) is 13.2. The maximum atomic E-state index is 3.27. The summed E-state index contributed by atoms with van der Waals surface area (Å²) < 4.78 is 3.27. The number of hydrogen-bond donors (Lipinski definition) is 0. The van der Waals surface area contributed by atoms with E-state index in [2.05, 4.69) is 62.3 Å². The van der Waals surface area contributed by atoms with Crippen LogP contribution in [-0.4, -0.2) is 16.5 Å². The maximum absolute atomic E-state index is 3.27. The van der Waals surface area contributed by atoms with Crippen molar-refractivity contribution >= 4 is 22.2 Å². The van der Waals surface area contributed by atoms with Gasteiger partial charge in [-0.2, -0.15) is 0 Å². The molecule has 27 heavy (non-hydrogen) atoms. The Morgan fingerprint density at radius 2 is 1.00 bits per heavy atom. The van der Waals surface area contributed by atoms with Crippen molar-refractivity contribution in [2.24, 2.45) is 0 Å². The van der Waals surface area contributed by atoms with E-state index in [9.17, 15) is 0 Å². The third-order valence-corrected chi connectivity index (χ3v) is 20.3. The van der Waals surface area contributed by atoms with E-state index in [1.54, 1.807) is 42.0 Å². The zero-order valence-electron chi connectivity index (χ0n) is 18.7. The van der Waals surface area contributed by atoms with Crippen molar-refractivity contribution in [2.75, 3.05) is 4.23 Å². The molecule has 0 saturated carbocycles. The molecule has 1 heterocycles. The van der Waals surface area contributed by atoms with Gasteiger partial charge in [-0.25, -0.2) is 0 Å². The van der Waals surface area contributed by atoms with Gasteiger partial charge in [0.05, 0.1) is 0 Å². The molecule has 0 radical (unpaired) electrons. The van der Waals surface area contributed by atoms with Crippen LogP contribution < -0.4 is 4.23 Å². The van der Waals surface area contributed by atoms with Crippen LogP contribution in [0.4, 0.5) is 5.69 Å². The molecule has 0 bridgehead atoms. The Labute approximate surface area is 172 Å². The second-order valence-corrected chi connectivity index (χ2v) is 18.3. The molecule has 0 unspecified atom stereocenters. The Hall–Kier alpha value is -0.546. The van der Waals surface area contributed by atoms with E-state index in [1.807, 2.05) is 0 Å². The fourth-order valence-electron chi connectivity index (χ4n) is 5.54. The monoisotopic (exact) mass is 403 g/mol. The highest BCUT2D eigenvalue weighted by Crippen LogP contribution is 2.50. The fraction of sp³-hybridized carbons (Fsp3) is 0.750. The molecule has 0 aromatic heterocycles. The summed E-state index contributed by atoms with van der Waals surface area (Å²) in [5, 5.41) is 0. The lowest BCUT2D eigenvalue weighted by atomic mass is 10.3. The molecule has 0 amide bonds. The molecule has 1 aromatic rings. The van der Waals surface area contributed by atoms with Gasteiger partial charge in [-0.15, -0.1) is 0 Å². The topological polar surface area (TPSA) is 3.24 Å². The molecule has 2 rings (SSSR count). The number of benzene rings is 1. The van der Waals surface area contributed by atoms with Gasteiger partial charge >= 0.3 is 0 Å². The van der Waals surface area contributed by atoms with E-state index in [4.69, 9.17) is 0 Å². The second-order valence-electron chi connectivity index (χ2n) is 9.03. The molecule has 154 valence electrons. The average Bonchev–Trinajstić information content (AvgIpc) is 3.03. The molecule has 1 nitrogen and oxygen atoms in total. The lowest BCUT2D eigenvalue weighted by molar-refractivity contribution is 0.814. The lowest BCUT2D eigenvalue weighted by Crippen LogP contribution is -2.61. The summed E-state index contributed by atoms with van der Waals surface area (Å²) in [6.45, 7) is 9.57. The molecule has 1 aliphatic rings. The standard InChI is InChI=1S/C24H45NSi2/c1-5-9-18-26(19-10-6-2)22-23-27(20-11-7-3,21-12-8-4)25(26)24-16-14-13-15-17-24/h13-17H,5-12,18-23H2,1-4H3. The molecule has 0 N–H and O–H groups in total. The molecule has 0 spiro atoms. The third-order valence-electron chi connectivity index (χ3n) is 7.00. The first kappa shape index (κ1) is 22.7. The van der Waals surface area contributed by atoms with E-state index < -0.39 is 16.5 Å². The summed E-state index contributed by atoms with van der Waals surface area (Å²) in [6, 6.07) is 21.1. The van der Waals surface area contributed by atoms with E-state index in [0.29, 0.717) is 0 Å². The Bertz CT molecular complexity index is 472. The molecule has 1 aromatic carbocycles. The van der Waals surface area contributed by atoms with Crippen LogP contribution in [-0.2, 0) is 0 Å². The van der Waals surface area contributed by atoms with Crippen molar-refractivity contribution in [1.82, 2.24) is 0 Å².